The lowest BCUT2D eigenvalue weighted by molar-refractivity contribution is -0.110. The molecular weight excluding hydrogens is 445 g/mol. The summed E-state index contributed by atoms with van der Waals surface area (Å²) in [5.74, 6) is -0.812. The quantitative estimate of drug-likeness (QED) is 0.548. The Morgan fingerprint density at radius 2 is 2.00 bits per heavy atom. The van der Waals surface area contributed by atoms with Crippen molar-refractivity contribution in [2.75, 3.05) is 31.6 Å². The van der Waals surface area contributed by atoms with Gasteiger partial charge in [0.25, 0.3) is 11.8 Å². The molecule has 0 spiro atoms. The van der Waals surface area contributed by atoms with Crippen LogP contribution >= 0.6 is 11.6 Å². The average molecular weight is 466 g/mol. The molecule has 0 unspecified atom stereocenters. The van der Waals surface area contributed by atoms with Crippen molar-refractivity contribution in [3.63, 3.8) is 0 Å². The number of hydrogen-bond donors (Lipinski definition) is 2. The van der Waals surface area contributed by atoms with Gasteiger partial charge >= 0.3 is 0 Å². The minimum atomic E-state index is -0.502. The van der Waals surface area contributed by atoms with Crippen molar-refractivity contribution in [2.24, 2.45) is 0 Å². The highest BCUT2D eigenvalue weighted by atomic mass is 35.5. The van der Waals surface area contributed by atoms with Crippen LogP contribution < -0.4 is 5.32 Å². The van der Waals surface area contributed by atoms with Gasteiger partial charge in [0, 0.05) is 36.2 Å². The number of anilines is 1. The molecule has 3 heterocycles. The van der Waals surface area contributed by atoms with Crippen molar-refractivity contribution in [1.82, 2.24) is 9.88 Å². The summed E-state index contributed by atoms with van der Waals surface area (Å²) in [6.07, 6.45) is 3.43. The number of aromatic amines is 1. The van der Waals surface area contributed by atoms with Crippen LogP contribution in [0.2, 0.25) is 5.02 Å². The number of morpholine rings is 1. The molecule has 1 aromatic heterocycles. The Hall–Kier alpha value is -3.42. The lowest BCUT2D eigenvalue weighted by Gasteiger charge is -2.26. The second kappa shape index (κ2) is 8.50. The Labute approximate surface area is 195 Å². The monoisotopic (exact) mass is 465 g/mol. The Balaban J connectivity index is 1.55. The Bertz CT molecular complexity index is 1310. The SMILES string of the molecule is Cc1c(C(=O)N2CCOCC2)c[nH]c1C=C1C(=O)Nc2cccc(-c3ccc(F)c(Cl)c3)c21. The fourth-order valence-electron chi connectivity index (χ4n) is 4.26. The molecule has 0 bridgehead atoms. The maximum absolute atomic E-state index is 13.7. The molecule has 0 radical (unpaired) electrons. The number of aromatic nitrogens is 1. The summed E-state index contributed by atoms with van der Waals surface area (Å²) in [5.41, 5.74) is 5.30. The molecule has 2 aromatic carbocycles. The fourth-order valence-corrected chi connectivity index (χ4v) is 4.44. The van der Waals surface area contributed by atoms with E-state index in [0.717, 1.165) is 11.1 Å². The highest BCUT2D eigenvalue weighted by molar-refractivity contribution is 6.36. The van der Waals surface area contributed by atoms with Crippen LogP contribution in [0.3, 0.4) is 0 Å². The van der Waals surface area contributed by atoms with E-state index in [9.17, 15) is 14.0 Å². The van der Waals surface area contributed by atoms with Crippen molar-refractivity contribution in [3.8, 4) is 11.1 Å². The summed E-state index contributed by atoms with van der Waals surface area (Å²) < 4.78 is 19.0. The summed E-state index contributed by atoms with van der Waals surface area (Å²) in [7, 11) is 0. The minimum absolute atomic E-state index is 0.0133. The Kier molecular flexibility index (Phi) is 5.52. The van der Waals surface area contributed by atoms with E-state index in [4.69, 9.17) is 16.3 Å². The van der Waals surface area contributed by atoms with E-state index in [-0.39, 0.29) is 16.8 Å². The second-order valence-corrected chi connectivity index (χ2v) is 8.42. The van der Waals surface area contributed by atoms with Crippen LogP contribution in [-0.2, 0) is 9.53 Å². The van der Waals surface area contributed by atoms with E-state index in [1.165, 1.54) is 6.07 Å². The van der Waals surface area contributed by atoms with Crippen LogP contribution in [0, 0.1) is 12.7 Å². The third kappa shape index (κ3) is 3.83. The normalized spacial score (nSPS) is 16.8. The number of amides is 2. The summed E-state index contributed by atoms with van der Waals surface area (Å²) in [5, 5.41) is 2.90. The summed E-state index contributed by atoms with van der Waals surface area (Å²) >= 11 is 6.01. The van der Waals surface area contributed by atoms with E-state index in [1.54, 1.807) is 29.3 Å². The summed E-state index contributed by atoms with van der Waals surface area (Å²) in [4.78, 5) is 30.7. The van der Waals surface area contributed by atoms with Gasteiger partial charge in [-0.15, -0.1) is 0 Å². The van der Waals surface area contributed by atoms with Gasteiger partial charge in [0.1, 0.15) is 5.82 Å². The van der Waals surface area contributed by atoms with Gasteiger partial charge in [-0.2, -0.15) is 0 Å². The first-order valence-electron chi connectivity index (χ1n) is 10.6. The molecule has 0 saturated carbocycles. The molecule has 33 heavy (non-hydrogen) atoms. The second-order valence-electron chi connectivity index (χ2n) is 8.01. The third-order valence-electron chi connectivity index (χ3n) is 6.05. The number of benzene rings is 2. The van der Waals surface area contributed by atoms with Gasteiger partial charge in [0.2, 0.25) is 0 Å². The van der Waals surface area contributed by atoms with Crippen molar-refractivity contribution in [2.45, 2.75) is 6.92 Å². The van der Waals surface area contributed by atoms with E-state index in [2.05, 4.69) is 10.3 Å². The lowest BCUT2D eigenvalue weighted by atomic mass is 9.94. The molecule has 5 rings (SSSR count). The van der Waals surface area contributed by atoms with Crippen LogP contribution in [0.5, 0.6) is 0 Å². The number of H-pyrrole nitrogens is 1. The number of ether oxygens (including phenoxy) is 1. The number of fused-ring (bicyclic) bond motifs is 1. The maximum Gasteiger partial charge on any atom is 0.256 e. The zero-order chi connectivity index (χ0) is 23.1. The number of carbonyl (C=O) groups is 2. The number of nitrogens with one attached hydrogen (secondary N) is 2. The first-order valence-corrected chi connectivity index (χ1v) is 11.0. The smallest absolute Gasteiger partial charge is 0.256 e. The summed E-state index contributed by atoms with van der Waals surface area (Å²) in [6.45, 7) is 4.02. The van der Waals surface area contributed by atoms with E-state index in [0.29, 0.717) is 59.9 Å². The third-order valence-corrected chi connectivity index (χ3v) is 6.34. The van der Waals surface area contributed by atoms with Gasteiger partial charge in [0.15, 0.2) is 0 Å². The highest BCUT2D eigenvalue weighted by Gasteiger charge is 2.29. The maximum atomic E-state index is 13.7. The first kappa shape index (κ1) is 21.4. The van der Waals surface area contributed by atoms with Crippen molar-refractivity contribution >= 4 is 40.8 Å². The Morgan fingerprint density at radius 1 is 1.21 bits per heavy atom. The molecule has 2 aliphatic heterocycles. The molecule has 1 fully saturated rings. The van der Waals surface area contributed by atoms with E-state index >= 15 is 0 Å². The molecule has 2 N–H and O–H groups in total. The van der Waals surface area contributed by atoms with Crippen LogP contribution in [-0.4, -0.2) is 48.0 Å². The zero-order valence-corrected chi connectivity index (χ0v) is 18.6. The molecule has 2 aliphatic rings. The van der Waals surface area contributed by atoms with Crippen LogP contribution in [0.25, 0.3) is 22.8 Å². The van der Waals surface area contributed by atoms with Crippen molar-refractivity contribution in [1.29, 1.82) is 0 Å². The minimum Gasteiger partial charge on any atom is -0.378 e. The van der Waals surface area contributed by atoms with Crippen LogP contribution in [0.1, 0.15) is 27.2 Å². The van der Waals surface area contributed by atoms with Gasteiger partial charge in [-0.1, -0.05) is 29.8 Å². The standard InChI is InChI=1S/C25H21ClFN3O3/c1-14-18(25(32)30-7-9-33-10-8-30)13-28-22(14)12-17-23-16(3-2-4-21(23)29-24(17)31)15-5-6-20(27)19(26)11-15/h2-6,11-13,28H,7-10H2,1H3,(H,29,31). The van der Waals surface area contributed by atoms with Gasteiger partial charge in [-0.05, 0) is 47.9 Å². The van der Waals surface area contributed by atoms with E-state index in [1.807, 2.05) is 25.1 Å². The average Bonchev–Trinajstić information content (AvgIpc) is 3.35. The van der Waals surface area contributed by atoms with E-state index < -0.39 is 5.82 Å². The molecular formula is C25H21ClFN3O3. The zero-order valence-electron chi connectivity index (χ0n) is 17.9. The predicted octanol–water partition coefficient (Wildman–Crippen LogP) is 4.75. The molecule has 168 valence electrons. The molecule has 0 aliphatic carbocycles. The number of nitrogens with zero attached hydrogens (tertiary/aromatic N) is 1. The van der Waals surface area contributed by atoms with Gasteiger partial charge in [-0.3, -0.25) is 9.59 Å². The molecule has 8 heteroatoms. The molecule has 2 amide bonds. The van der Waals surface area contributed by atoms with Crippen molar-refractivity contribution in [3.05, 3.63) is 75.8 Å². The highest BCUT2D eigenvalue weighted by Crippen LogP contribution is 2.41. The van der Waals surface area contributed by atoms with Gasteiger partial charge in [0.05, 0.1) is 29.4 Å². The summed E-state index contributed by atoms with van der Waals surface area (Å²) in [6, 6.07) is 10.0. The van der Waals surface area contributed by atoms with Crippen LogP contribution in [0.4, 0.5) is 10.1 Å². The van der Waals surface area contributed by atoms with Gasteiger partial charge < -0.3 is 19.9 Å². The topological polar surface area (TPSA) is 74.4 Å². The number of halogens is 2. The first-order chi connectivity index (χ1) is 15.9. The number of carbonyl (C=O) groups excluding carboxylic acids is 2. The van der Waals surface area contributed by atoms with Crippen molar-refractivity contribution < 1.29 is 18.7 Å². The molecule has 6 nitrogen and oxygen atoms in total. The number of rotatable bonds is 3. The molecule has 3 aromatic rings. The fraction of sp³-hybridized carbons (Fsp3) is 0.200. The van der Waals surface area contributed by atoms with Crippen LogP contribution in [0.15, 0.2) is 42.6 Å². The Morgan fingerprint density at radius 3 is 2.76 bits per heavy atom. The number of hydrogen-bond acceptors (Lipinski definition) is 3. The van der Waals surface area contributed by atoms with Gasteiger partial charge in [-0.25, -0.2) is 4.39 Å². The predicted molar refractivity (Wildman–Crippen MR) is 126 cm³/mol. The largest absolute Gasteiger partial charge is 0.378 e. The molecule has 1 saturated heterocycles. The lowest BCUT2D eigenvalue weighted by Crippen LogP contribution is -2.40. The molecule has 0 atom stereocenters.